The second kappa shape index (κ2) is 10.1. The lowest BCUT2D eigenvalue weighted by Gasteiger charge is -2.11. The van der Waals surface area contributed by atoms with E-state index in [-0.39, 0.29) is 37.7 Å². The van der Waals surface area contributed by atoms with Crippen LogP contribution in [0.25, 0.3) is 38.5 Å². The van der Waals surface area contributed by atoms with Gasteiger partial charge in [-0.25, -0.2) is 9.67 Å². The summed E-state index contributed by atoms with van der Waals surface area (Å²) in [6, 6.07) is 22.0. The van der Waals surface area contributed by atoms with E-state index in [9.17, 15) is 22.8 Å². The standard InChI is InChI=1S/C29H18F3N5O3S/c30-29(31,32)21-14-18(20-12-7-13-40-20)22-24(25(26(33)38)41-28(22)34-21)35-27(39)19-15-37(17-10-5-2-6-11-17)36-23(19)16-8-3-1-4-9-16/h1-15H,(H2,33,38)(H,35,39). The number of fused-ring (bicyclic) bond motifs is 1. The summed E-state index contributed by atoms with van der Waals surface area (Å²) in [4.78, 5) is 29.8. The number of aromatic nitrogens is 3. The molecule has 0 fully saturated rings. The first-order valence-electron chi connectivity index (χ1n) is 12.1. The van der Waals surface area contributed by atoms with Gasteiger partial charge in [-0.2, -0.15) is 18.3 Å². The number of para-hydroxylation sites is 1. The third kappa shape index (κ3) is 4.85. The molecule has 0 aliphatic heterocycles. The van der Waals surface area contributed by atoms with Crippen LogP contribution < -0.4 is 11.1 Å². The van der Waals surface area contributed by atoms with Crippen molar-refractivity contribution in [1.29, 1.82) is 0 Å². The number of carbonyl (C=O) groups is 2. The summed E-state index contributed by atoms with van der Waals surface area (Å²) in [5, 5.41) is 7.45. The van der Waals surface area contributed by atoms with Gasteiger partial charge in [0.1, 0.15) is 26.9 Å². The molecule has 8 nitrogen and oxygen atoms in total. The van der Waals surface area contributed by atoms with Crippen molar-refractivity contribution in [1.82, 2.24) is 14.8 Å². The van der Waals surface area contributed by atoms with Gasteiger partial charge in [0.05, 0.1) is 23.2 Å². The van der Waals surface area contributed by atoms with Crippen LogP contribution in [0.4, 0.5) is 18.9 Å². The molecule has 0 aliphatic rings. The van der Waals surface area contributed by atoms with Gasteiger partial charge in [0.15, 0.2) is 0 Å². The molecule has 0 bridgehead atoms. The Kier molecular flexibility index (Phi) is 6.39. The Bertz CT molecular complexity index is 1900. The van der Waals surface area contributed by atoms with Gasteiger partial charge in [0, 0.05) is 22.7 Å². The van der Waals surface area contributed by atoms with Crippen molar-refractivity contribution in [3.63, 3.8) is 0 Å². The molecule has 0 atom stereocenters. The zero-order valence-electron chi connectivity index (χ0n) is 20.8. The fraction of sp³-hybridized carbons (Fsp3) is 0.0345. The van der Waals surface area contributed by atoms with Crippen molar-refractivity contribution in [3.05, 3.63) is 107 Å². The van der Waals surface area contributed by atoms with Crippen molar-refractivity contribution < 1.29 is 27.2 Å². The van der Waals surface area contributed by atoms with Gasteiger partial charge < -0.3 is 15.5 Å². The summed E-state index contributed by atoms with van der Waals surface area (Å²) in [5.74, 6) is -1.50. The van der Waals surface area contributed by atoms with Crippen molar-refractivity contribution in [2.24, 2.45) is 5.73 Å². The highest BCUT2D eigenvalue weighted by Crippen LogP contribution is 2.44. The van der Waals surface area contributed by atoms with Gasteiger partial charge in [-0.05, 0) is 30.3 Å². The van der Waals surface area contributed by atoms with Crippen molar-refractivity contribution in [2.75, 3.05) is 5.32 Å². The first kappa shape index (κ1) is 26.0. The molecule has 0 saturated carbocycles. The number of hydrogen-bond donors (Lipinski definition) is 2. The smallest absolute Gasteiger partial charge is 0.433 e. The summed E-state index contributed by atoms with van der Waals surface area (Å²) in [6.07, 6.45) is -1.93. The van der Waals surface area contributed by atoms with E-state index in [2.05, 4.69) is 15.4 Å². The molecule has 2 aromatic carbocycles. The SMILES string of the molecule is NC(=O)c1sc2nc(C(F)(F)F)cc(-c3ccco3)c2c1NC(=O)c1cn(-c2ccccc2)nc1-c1ccccc1. The molecule has 4 aromatic heterocycles. The summed E-state index contributed by atoms with van der Waals surface area (Å²) in [6.45, 7) is 0. The first-order chi connectivity index (χ1) is 19.7. The van der Waals surface area contributed by atoms with E-state index in [1.54, 1.807) is 35.1 Å². The van der Waals surface area contributed by atoms with Crippen LogP contribution >= 0.6 is 11.3 Å². The summed E-state index contributed by atoms with van der Waals surface area (Å²) >= 11 is 0.651. The molecule has 0 spiro atoms. The van der Waals surface area contributed by atoms with E-state index in [1.807, 2.05) is 36.4 Å². The van der Waals surface area contributed by atoms with Gasteiger partial charge in [-0.15, -0.1) is 11.3 Å². The normalized spacial score (nSPS) is 11.6. The number of amides is 2. The van der Waals surface area contributed by atoms with Crippen LogP contribution in [0.5, 0.6) is 0 Å². The van der Waals surface area contributed by atoms with E-state index in [4.69, 9.17) is 10.2 Å². The van der Waals surface area contributed by atoms with Crippen LogP contribution in [0.1, 0.15) is 25.7 Å². The molecule has 0 unspecified atom stereocenters. The molecule has 0 saturated heterocycles. The van der Waals surface area contributed by atoms with E-state index >= 15 is 0 Å². The summed E-state index contributed by atoms with van der Waals surface area (Å²) in [5.41, 5.74) is 6.24. The summed E-state index contributed by atoms with van der Waals surface area (Å²) in [7, 11) is 0. The molecule has 3 N–H and O–H groups in total. The third-order valence-electron chi connectivity index (χ3n) is 6.23. The van der Waals surface area contributed by atoms with E-state index < -0.39 is 23.7 Å². The predicted octanol–water partition coefficient (Wildman–Crippen LogP) is 6.78. The first-order valence-corrected chi connectivity index (χ1v) is 12.9. The minimum Gasteiger partial charge on any atom is -0.464 e. The molecular weight excluding hydrogens is 555 g/mol. The zero-order valence-corrected chi connectivity index (χ0v) is 21.7. The maximum atomic E-state index is 13.9. The number of carbonyl (C=O) groups excluding carboxylic acids is 2. The number of nitrogens with zero attached hydrogens (tertiary/aromatic N) is 3. The maximum absolute atomic E-state index is 13.9. The van der Waals surface area contributed by atoms with Crippen LogP contribution in [0.3, 0.4) is 0 Å². The Balaban J connectivity index is 1.53. The molecular formula is C29H18F3N5O3S. The fourth-order valence-corrected chi connectivity index (χ4v) is 5.41. The number of pyridine rings is 1. The largest absolute Gasteiger partial charge is 0.464 e. The number of nitrogens with two attached hydrogens (primary N) is 1. The van der Waals surface area contributed by atoms with Crippen LogP contribution in [0.2, 0.25) is 0 Å². The van der Waals surface area contributed by atoms with Gasteiger partial charge >= 0.3 is 6.18 Å². The number of thiophene rings is 1. The lowest BCUT2D eigenvalue weighted by Crippen LogP contribution is -2.17. The van der Waals surface area contributed by atoms with E-state index in [0.29, 0.717) is 28.3 Å². The molecule has 6 aromatic rings. The molecule has 0 radical (unpaired) electrons. The highest BCUT2D eigenvalue weighted by atomic mass is 32.1. The van der Waals surface area contributed by atoms with Crippen LogP contribution in [0, 0.1) is 0 Å². The number of anilines is 1. The Morgan fingerprint density at radius 3 is 2.32 bits per heavy atom. The number of primary amides is 1. The van der Waals surface area contributed by atoms with Gasteiger partial charge in [0.2, 0.25) is 0 Å². The number of benzene rings is 2. The summed E-state index contributed by atoms with van der Waals surface area (Å²) < 4.78 is 48.1. The monoisotopic (exact) mass is 573 g/mol. The average Bonchev–Trinajstić information content (AvgIpc) is 3.72. The molecule has 41 heavy (non-hydrogen) atoms. The average molecular weight is 574 g/mol. The number of alkyl halides is 3. The lowest BCUT2D eigenvalue weighted by atomic mass is 10.1. The Hall–Kier alpha value is -5.23. The highest BCUT2D eigenvalue weighted by molar-refractivity contribution is 7.21. The molecule has 0 aliphatic carbocycles. The van der Waals surface area contributed by atoms with Crippen molar-refractivity contribution in [2.45, 2.75) is 6.18 Å². The Morgan fingerprint density at radius 2 is 1.68 bits per heavy atom. The minimum atomic E-state index is -4.77. The molecule has 204 valence electrons. The van der Waals surface area contributed by atoms with Crippen LogP contribution in [0.15, 0.2) is 95.7 Å². The second-order valence-electron chi connectivity index (χ2n) is 8.87. The predicted molar refractivity (Wildman–Crippen MR) is 148 cm³/mol. The quantitative estimate of drug-likeness (QED) is 0.228. The van der Waals surface area contributed by atoms with Gasteiger partial charge in [-0.3, -0.25) is 9.59 Å². The van der Waals surface area contributed by atoms with Crippen molar-refractivity contribution in [3.8, 4) is 28.3 Å². The van der Waals surface area contributed by atoms with Gasteiger partial charge in [0.25, 0.3) is 11.8 Å². The third-order valence-corrected chi connectivity index (χ3v) is 7.33. The molecule has 2 amide bonds. The number of furan rings is 1. The number of nitrogens with one attached hydrogen (secondary N) is 1. The molecule has 6 rings (SSSR count). The van der Waals surface area contributed by atoms with Crippen molar-refractivity contribution >= 4 is 39.1 Å². The minimum absolute atomic E-state index is 0.00496. The van der Waals surface area contributed by atoms with Crippen LogP contribution in [-0.4, -0.2) is 26.6 Å². The van der Waals surface area contributed by atoms with Gasteiger partial charge in [-0.1, -0.05) is 48.5 Å². The fourth-order valence-electron chi connectivity index (χ4n) is 4.41. The maximum Gasteiger partial charge on any atom is 0.433 e. The number of rotatable bonds is 6. The topological polar surface area (TPSA) is 116 Å². The van der Waals surface area contributed by atoms with E-state index in [0.717, 1.165) is 6.07 Å². The number of halogens is 3. The van der Waals surface area contributed by atoms with Crippen LogP contribution in [-0.2, 0) is 6.18 Å². The lowest BCUT2D eigenvalue weighted by molar-refractivity contribution is -0.140. The Morgan fingerprint density at radius 1 is 0.976 bits per heavy atom. The second-order valence-corrected chi connectivity index (χ2v) is 9.87. The number of hydrogen-bond acceptors (Lipinski definition) is 6. The Labute approximate surface area is 233 Å². The van der Waals surface area contributed by atoms with E-state index in [1.165, 1.54) is 18.4 Å². The molecule has 4 heterocycles. The highest BCUT2D eigenvalue weighted by Gasteiger charge is 2.35. The molecule has 12 heteroatoms. The zero-order chi connectivity index (χ0) is 28.7.